The third-order valence-electron chi connectivity index (χ3n) is 4.65. The average Bonchev–Trinajstić information content (AvgIpc) is 3.06. The van der Waals surface area contributed by atoms with Crippen LogP contribution in [0, 0.1) is 6.92 Å². The molecule has 178 valence electrons. The molecule has 9 nitrogen and oxygen atoms in total. The number of methoxy groups -OCH3 is 1. The van der Waals surface area contributed by atoms with Gasteiger partial charge in [0.05, 0.1) is 18.6 Å². The number of nitrogens with zero attached hydrogens (tertiary/aromatic N) is 1. The second-order valence-electron chi connectivity index (χ2n) is 7.19. The Morgan fingerprint density at radius 2 is 1.82 bits per heavy atom. The number of benzene rings is 2. The van der Waals surface area contributed by atoms with E-state index in [9.17, 15) is 19.2 Å². The van der Waals surface area contributed by atoms with Gasteiger partial charge in [-0.2, -0.15) is 0 Å². The van der Waals surface area contributed by atoms with E-state index in [1.807, 2.05) is 19.1 Å². The standard InChI is InChI=1S/C24H24N2O7S/c1-4-32-22(28)14-33-19-11-16(7-10-18(19)31-3)12-20-23(29)26(24(30)34-20)13-21(27)25-17-8-5-15(2)6-9-17/h5-12H,4,13-14H2,1-3H3,(H,25,27)/b20-12-. The van der Waals surface area contributed by atoms with Gasteiger partial charge in [0, 0.05) is 5.69 Å². The number of carbonyl (C=O) groups is 4. The summed E-state index contributed by atoms with van der Waals surface area (Å²) in [5, 5.41) is 2.13. The molecule has 0 bridgehead atoms. The third-order valence-corrected chi connectivity index (χ3v) is 5.55. The van der Waals surface area contributed by atoms with E-state index in [1.54, 1.807) is 37.3 Å². The first-order valence-corrected chi connectivity index (χ1v) is 11.2. The van der Waals surface area contributed by atoms with Crippen LogP contribution < -0.4 is 14.8 Å². The Balaban J connectivity index is 1.70. The van der Waals surface area contributed by atoms with Gasteiger partial charge in [-0.1, -0.05) is 23.8 Å². The summed E-state index contributed by atoms with van der Waals surface area (Å²) in [6.07, 6.45) is 1.51. The molecular formula is C24H24N2O7S. The van der Waals surface area contributed by atoms with Gasteiger partial charge in [-0.15, -0.1) is 0 Å². The van der Waals surface area contributed by atoms with Crippen molar-refractivity contribution in [3.05, 3.63) is 58.5 Å². The first kappa shape index (κ1) is 24.8. The maximum atomic E-state index is 12.8. The van der Waals surface area contributed by atoms with Crippen LogP contribution in [0.3, 0.4) is 0 Å². The number of amides is 3. The van der Waals surface area contributed by atoms with Gasteiger partial charge in [-0.25, -0.2) is 4.79 Å². The highest BCUT2D eigenvalue weighted by molar-refractivity contribution is 8.18. The number of hydrogen-bond donors (Lipinski definition) is 1. The molecule has 0 atom stereocenters. The van der Waals surface area contributed by atoms with E-state index >= 15 is 0 Å². The van der Waals surface area contributed by atoms with Gasteiger partial charge < -0.3 is 19.5 Å². The number of carbonyl (C=O) groups excluding carboxylic acids is 4. The van der Waals surface area contributed by atoms with E-state index < -0.39 is 29.6 Å². The molecular weight excluding hydrogens is 460 g/mol. The quantitative estimate of drug-likeness (QED) is 0.424. The largest absolute Gasteiger partial charge is 0.493 e. The number of hydrogen-bond acceptors (Lipinski definition) is 8. The highest BCUT2D eigenvalue weighted by Crippen LogP contribution is 2.34. The van der Waals surface area contributed by atoms with Crippen LogP contribution in [0.15, 0.2) is 47.4 Å². The molecule has 3 rings (SSSR count). The summed E-state index contributed by atoms with van der Waals surface area (Å²) in [6.45, 7) is 3.15. The lowest BCUT2D eigenvalue weighted by Gasteiger charge is -2.12. The van der Waals surface area contributed by atoms with Crippen molar-refractivity contribution in [2.75, 3.05) is 32.2 Å². The van der Waals surface area contributed by atoms with E-state index in [0.717, 1.165) is 22.2 Å². The van der Waals surface area contributed by atoms with Crippen molar-refractivity contribution in [3.63, 3.8) is 0 Å². The van der Waals surface area contributed by atoms with Gasteiger partial charge in [0.25, 0.3) is 11.1 Å². The lowest BCUT2D eigenvalue weighted by atomic mass is 10.2. The number of aryl methyl sites for hydroxylation is 1. The zero-order valence-electron chi connectivity index (χ0n) is 19.0. The van der Waals surface area contributed by atoms with Crippen molar-refractivity contribution < 1.29 is 33.4 Å². The molecule has 3 amide bonds. The third kappa shape index (κ3) is 6.38. The Morgan fingerprint density at radius 1 is 1.09 bits per heavy atom. The fourth-order valence-corrected chi connectivity index (χ4v) is 3.84. The maximum absolute atomic E-state index is 12.8. The van der Waals surface area contributed by atoms with Gasteiger partial charge in [-0.3, -0.25) is 19.3 Å². The second kappa shape index (κ2) is 11.4. The maximum Gasteiger partial charge on any atom is 0.344 e. The average molecular weight is 485 g/mol. The van der Waals surface area contributed by atoms with Gasteiger partial charge in [-0.05, 0) is 61.5 Å². The number of nitrogens with one attached hydrogen (secondary N) is 1. The number of rotatable bonds is 9. The number of anilines is 1. The smallest absolute Gasteiger partial charge is 0.344 e. The van der Waals surface area contributed by atoms with Crippen LogP contribution in [0.1, 0.15) is 18.1 Å². The van der Waals surface area contributed by atoms with Gasteiger partial charge in [0.2, 0.25) is 5.91 Å². The van der Waals surface area contributed by atoms with Crippen LogP contribution in [0.5, 0.6) is 11.5 Å². The van der Waals surface area contributed by atoms with Crippen LogP contribution in [-0.4, -0.2) is 54.8 Å². The van der Waals surface area contributed by atoms with Crippen LogP contribution in [0.25, 0.3) is 6.08 Å². The zero-order valence-corrected chi connectivity index (χ0v) is 19.8. The predicted molar refractivity (Wildman–Crippen MR) is 128 cm³/mol. The molecule has 1 N–H and O–H groups in total. The molecule has 0 radical (unpaired) electrons. The summed E-state index contributed by atoms with van der Waals surface area (Å²) in [5.41, 5.74) is 2.17. The highest BCUT2D eigenvalue weighted by Gasteiger charge is 2.36. The molecule has 10 heteroatoms. The Bertz CT molecular complexity index is 1130. The Hall–Kier alpha value is -3.79. The van der Waals surface area contributed by atoms with E-state index in [1.165, 1.54) is 13.2 Å². The number of imide groups is 1. The Morgan fingerprint density at radius 3 is 2.50 bits per heavy atom. The molecule has 0 saturated carbocycles. The number of thioether (sulfide) groups is 1. The highest BCUT2D eigenvalue weighted by atomic mass is 32.2. The summed E-state index contributed by atoms with van der Waals surface area (Å²) in [6, 6.07) is 12.0. The van der Waals surface area contributed by atoms with E-state index in [-0.39, 0.29) is 23.9 Å². The van der Waals surface area contributed by atoms with Gasteiger partial charge in [0.15, 0.2) is 18.1 Å². The molecule has 1 aliphatic rings. The monoisotopic (exact) mass is 484 g/mol. The molecule has 0 unspecified atom stereocenters. The van der Waals surface area contributed by atoms with Gasteiger partial charge >= 0.3 is 5.97 Å². The second-order valence-corrected chi connectivity index (χ2v) is 8.18. The van der Waals surface area contributed by atoms with Crippen LogP contribution in [0.4, 0.5) is 10.5 Å². The molecule has 0 aromatic heterocycles. The van der Waals surface area contributed by atoms with Crippen molar-refractivity contribution in [1.29, 1.82) is 0 Å². The SMILES string of the molecule is CCOC(=O)COc1cc(/C=C2\SC(=O)N(CC(=O)Nc3ccc(C)cc3)C2=O)ccc1OC. The van der Waals surface area contributed by atoms with E-state index in [2.05, 4.69) is 5.32 Å². The molecule has 1 heterocycles. The minimum atomic E-state index is -0.570. The van der Waals surface area contributed by atoms with Crippen molar-refractivity contribution in [2.24, 2.45) is 0 Å². The van der Waals surface area contributed by atoms with E-state index in [4.69, 9.17) is 14.2 Å². The Labute approximate surface area is 201 Å². The lowest BCUT2D eigenvalue weighted by molar-refractivity contribution is -0.145. The summed E-state index contributed by atoms with van der Waals surface area (Å²) in [5.74, 6) is -0.909. The van der Waals surface area contributed by atoms with Crippen LogP contribution in [0.2, 0.25) is 0 Å². The fraction of sp³-hybridized carbons (Fsp3) is 0.250. The fourth-order valence-electron chi connectivity index (χ4n) is 3.00. The molecule has 1 saturated heterocycles. The first-order valence-electron chi connectivity index (χ1n) is 10.4. The van der Waals surface area contributed by atoms with Crippen molar-refractivity contribution in [2.45, 2.75) is 13.8 Å². The molecule has 34 heavy (non-hydrogen) atoms. The summed E-state index contributed by atoms with van der Waals surface area (Å²) in [7, 11) is 1.46. The lowest BCUT2D eigenvalue weighted by Crippen LogP contribution is -2.36. The molecule has 1 aliphatic heterocycles. The summed E-state index contributed by atoms with van der Waals surface area (Å²) >= 11 is 0.740. The molecule has 2 aromatic rings. The molecule has 1 fully saturated rings. The normalized spacial score (nSPS) is 14.3. The summed E-state index contributed by atoms with van der Waals surface area (Å²) < 4.78 is 15.6. The van der Waals surface area contributed by atoms with Crippen LogP contribution >= 0.6 is 11.8 Å². The minimum Gasteiger partial charge on any atom is -0.493 e. The Kier molecular flexibility index (Phi) is 8.31. The van der Waals surface area contributed by atoms with E-state index in [0.29, 0.717) is 17.0 Å². The van der Waals surface area contributed by atoms with Crippen LogP contribution in [-0.2, 0) is 19.1 Å². The first-order chi connectivity index (χ1) is 16.3. The summed E-state index contributed by atoms with van der Waals surface area (Å²) in [4.78, 5) is 50.1. The minimum absolute atomic E-state index is 0.162. The van der Waals surface area contributed by atoms with Crippen molar-refractivity contribution in [1.82, 2.24) is 4.90 Å². The van der Waals surface area contributed by atoms with Crippen molar-refractivity contribution >= 4 is 46.5 Å². The molecule has 0 aliphatic carbocycles. The predicted octanol–water partition coefficient (Wildman–Crippen LogP) is 3.62. The number of ether oxygens (including phenoxy) is 3. The molecule has 2 aromatic carbocycles. The molecule has 0 spiro atoms. The topological polar surface area (TPSA) is 111 Å². The zero-order chi connectivity index (χ0) is 24.7. The number of esters is 1. The van der Waals surface area contributed by atoms with Gasteiger partial charge in [0.1, 0.15) is 6.54 Å². The van der Waals surface area contributed by atoms with Crippen molar-refractivity contribution in [3.8, 4) is 11.5 Å².